The first-order valence-electron chi connectivity index (χ1n) is 12.1. The van der Waals surface area contributed by atoms with Gasteiger partial charge in [0.05, 0.1) is 41.9 Å². The van der Waals surface area contributed by atoms with Crippen LogP contribution in [0.1, 0.15) is 10.4 Å². The molecule has 2 aromatic carbocycles. The Hall–Kier alpha value is -2.53. The van der Waals surface area contributed by atoms with Gasteiger partial charge in [-0.2, -0.15) is 0 Å². The van der Waals surface area contributed by atoms with Gasteiger partial charge >= 0.3 is 5.17 Å². The van der Waals surface area contributed by atoms with Crippen LogP contribution < -0.4 is 9.56 Å². The molecule has 4 heterocycles. The number of hydrogen-bond acceptors (Lipinski definition) is 7. The number of thioether (sulfide) groups is 1. The summed E-state index contributed by atoms with van der Waals surface area (Å²) in [5, 5.41) is 2.11. The maximum Gasteiger partial charge on any atom is 0.360 e. The molecule has 0 amide bonds. The Balaban J connectivity index is 0.00000137. The van der Waals surface area contributed by atoms with Crippen LogP contribution in [-0.4, -0.2) is 73.0 Å². The highest BCUT2D eigenvalue weighted by Gasteiger charge is 2.33. The van der Waals surface area contributed by atoms with Gasteiger partial charge in [0.2, 0.25) is 0 Å². The van der Waals surface area contributed by atoms with Crippen molar-refractivity contribution in [2.24, 2.45) is 4.99 Å². The number of nitrogens with zero attached hydrogens (tertiary/aromatic N) is 4. The molecule has 0 spiro atoms. The van der Waals surface area contributed by atoms with Crippen LogP contribution in [-0.2, 0) is 9.47 Å². The highest BCUT2D eigenvalue weighted by molar-refractivity contribution is 8.18. The number of aliphatic imine (C=N–C) groups is 1. The lowest BCUT2D eigenvalue weighted by molar-refractivity contribution is -0.547. The van der Waals surface area contributed by atoms with Crippen LogP contribution in [0, 0.1) is 0 Å². The van der Waals surface area contributed by atoms with Crippen LogP contribution in [0.15, 0.2) is 70.6 Å². The number of ether oxygens (including phenoxy) is 2. The molecular weight excluding hydrogens is 528 g/mol. The molecule has 6 rings (SSSR count). The molecule has 0 radical (unpaired) electrons. The van der Waals surface area contributed by atoms with E-state index in [9.17, 15) is 0 Å². The fraction of sp³-hybridized carbons (Fsp3) is 0.296. The average molecular weight is 555 g/mol. The Kier molecular flexibility index (Phi) is 9.04. The summed E-state index contributed by atoms with van der Waals surface area (Å²) in [4.78, 5) is 14.9. The molecule has 0 bridgehead atoms. The first-order chi connectivity index (χ1) is 18.3. The van der Waals surface area contributed by atoms with Crippen LogP contribution in [0.2, 0.25) is 0 Å². The summed E-state index contributed by atoms with van der Waals surface area (Å²) in [7, 11) is 0. The molecule has 0 aliphatic carbocycles. The normalized spacial score (nSPS) is 19.0. The molecule has 0 atom stereocenters. The number of thiazole rings is 1. The summed E-state index contributed by atoms with van der Waals surface area (Å²) in [6.45, 7) is 6.47. The van der Waals surface area contributed by atoms with Crippen LogP contribution in [0.5, 0.6) is 0 Å². The van der Waals surface area contributed by atoms with Crippen molar-refractivity contribution in [3.8, 4) is 11.3 Å². The zero-order chi connectivity index (χ0) is 25.5. The minimum absolute atomic E-state index is 0.745. The summed E-state index contributed by atoms with van der Waals surface area (Å²) in [5.41, 5.74) is 4.32. The quantitative estimate of drug-likeness (QED) is 0.452. The van der Waals surface area contributed by atoms with Crippen molar-refractivity contribution in [2.75, 3.05) is 57.5 Å². The van der Waals surface area contributed by atoms with E-state index in [1.165, 1.54) is 0 Å². The molecule has 3 aliphatic rings. The van der Waals surface area contributed by atoms with Crippen molar-refractivity contribution < 1.29 is 18.7 Å². The largest absolute Gasteiger partial charge is 0.769 e. The maximum absolute atomic E-state index is 7.72. The number of rotatable bonds is 4. The van der Waals surface area contributed by atoms with Crippen molar-refractivity contribution in [2.45, 2.75) is 0 Å². The molecule has 2 saturated heterocycles. The van der Waals surface area contributed by atoms with Crippen LogP contribution >= 0.6 is 35.0 Å². The molecule has 2 fully saturated rings. The van der Waals surface area contributed by atoms with E-state index in [0.29, 0.717) is 0 Å². The summed E-state index contributed by atoms with van der Waals surface area (Å²) < 4.78 is 21.2. The summed E-state index contributed by atoms with van der Waals surface area (Å²) in [6.07, 6.45) is 2.29. The van der Waals surface area contributed by atoms with E-state index in [0.717, 1.165) is 95.2 Å². The molecule has 3 aliphatic heterocycles. The molecule has 37 heavy (non-hydrogen) atoms. The SMILES string of the molecule is C(=C1/SC(=[N+]2CCOCC2)N=C1c1ccccc1)/c1sc(N2CCOCC2)nc1-c1ccccc1.[O-]Cl. The van der Waals surface area contributed by atoms with Crippen molar-refractivity contribution in [3.63, 3.8) is 0 Å². The van der Waals surface area contributed by atoms with Gasteiger partial charge in [-0.1, -0.05) is 72.0 Å². The molecule has 0 saturated carbocycles. The summed E-state index contributed by atoms with van der Waals surface area (Å²) in [6, 6.07) is 21.0. The fourth-order valence-corrected chi connectivity index (χ4v) is 6.58. The highest BCUT2D eigenvalue weighted by Crippen LogP contribution is 2.39. The monoisotopic (exact) mass is 554 g/mol. The number of morpholine rings is 2. The summed E-state index contributed by atoms with van der Waals surface area (Å²) in [5.74, 6) is 0. The lowest BCUT2D eigenvalue weighted by atomic mass is 10.1. The maximum atomic E-state index is 7.72. The van der Waals surface area contributed by atoms with Gasteiger partial charge in [-0.05, 0) is 11.1 Å². The second kappa shape index (κ2) is 12.8. The average Bonchev–Trinajstić information content (AvgIpc) is 3.61. The van der Waals surface area contributed by atoms with Gasteiger partial charge in [0.25, 0.3) is 0 Å². The van der Waals surface area contributed by atoms with E-state index in [-0.39, 0.29) is 0 Å². The molecule has 3 aromatic rings. The zero-order valence-corrected chi connectivity index (χ0v) is 22.6. The van der Waals surface area contributed by atoms with Gasteiger partial charge in [-0.15, -0.1) is 0 Å². The third-order valence-corrected chi connectivity index (χ3v) is 8.33. The van der Waals surface area contributed by atoms with E-state index in [1.807, 2.05) is 12.1 Å². The van der Waals surface area contributed by atoms with Crippen LogP contribution in [0.25, 0.3) is 17.3 Å². The fourth-order valence-electron chi connectivity index (χ4n) is 4.34. The Morgan fingerprint density at radius 3 is 2.16 bits per heavy atom. The van der Waals surface area contributed by atoms with Gasteiger partial charge in [0, 0.05) is 36.0 Å². The lowest BCUT2D eigenvalue weighted by Gasteiger charge is -2.26. The first-order valence-corrected chi connectivity index (χ1v) is 14.1. The Bertz CT molecular complexity index is 1280. The molecule has 10 heteroatoms. The molecule has 1 aromatic heterocycles. The predicted molar refractivity (Wildman–Crippen MR) is 151 cm³/mol. The van der Waals surface area contributed by atoms with E-state index in [2.05, 4.69) is 75.9 Å². The molecule has 0 unspecified atom stereocenters. The topological polar surface area (TPSA) is 73.0 Å². The van der Waals surface area contributed by atoms with Gasteiger partial charge in [0.1, 0.15) is 13.1 Å². The minimum atomic E-state index is 0.745. The Morgan fingerprint density at radius 1 is 0.865 bits per heavy atom. The van der Waals surface area contributed by atoms with E-state index in [4.69, 9.17) is 24.1 Å². The van der Waals surface area contributed by atoms with Crippen molar-refractivity contribution in [3.05, 3.63) is 76.0 Å². The van der Waals surface area contributed by atoms with E-state index >= 15 is 0 Å². The highest BCUT2D eigenvalue weighted by atomic mass is 35.5. The van der Waals surface area contributed by atoms with Gasteiger partial charge < -0.3 is 19.0 Å². The predicted octanol–water partition coefficient (Wildman–Crippen LogP) is 4.12. The number of benzene rings is 2. The smallest absolute Gasteiger partial charge is 0.360 e. The lowest BCUT2D eigenvalue weighted by Crippen LogP contribution is -2.36. The number of halogens is 1. The Morgan fingerprint density at radius 2 is 1.49 bits per heavy atom. The van der Waals surface area contributed by atoms with Gasteiger partial charge in [-0.25, -0.2) is 21.4 Å². The van der Waals surface area contributed by atoms with Crippen LogP contribution in [0.4, 0.5) is 5.13 Å². The van der Waals surface area contributed by atoms with E-state index < -0.39 is 0 Å². The number of anilines is 1. The third-order valence-electron chi connectivity index (χ3n) is 6.20. The van der Waals surface area contributed by atoms with Crippen molar-refractivity contribution in [1.82, 2.24) is 4.98 Å². The number of aromatic nitrogens is 1. The third kappa shape index (κ3) is 6.14. The standard InChI is InChI=1S/C27H27N4O2S2.ClO/c1-3-7-20(8-4-1)24-22(34-26(28-24)30-11-15-32-16-12-30)19-23-25(21-9-5-2-6-10-21)29-27(35-23)31-13-17-33-18-14-31;1-2/h1-10,19H,11-18H2;/q+1;-1. The number of allylic oxidation sites excluding steroid dienone is 1. The van der Waals surface area contributed by atoms with Gasteiger partial charge in [-0.3, -0.25) is 0 Å². The zero-order valence-electron chi connectivity index (χ0n) is 20.2. The minimum Gasteiger partial charge on any atom is -0.769 e. The van der Waals surface area contributed by atoms with Crippen LogP contribution in [0.3, 0.4) is 0 Å². The molecule has 192 valence electrons. The second-order valence-electron chi connectivity index (χ2n) is 8.49. The molecule has 0 N–H and O–H groups in total. The first kappa shape index (κ1) is 26.1. The summed E-state index contributed by atoms with van der Waals surface area (Å²) >= 11 is 6.90. The molecule has 7 nitrogen and oxygen atoms in total. The van der Waals surface area contributed by atoms with Crippen molar-refractivity contribution >= 4 is 57.1 Å². The second-order valence-corrected chi connectivity index (χ2v) is 10.5. The van der Waals surface area contributed by atoms with E-state index in [1.54, 1.807) is 23.1 Å². The molecular formula is C27H27ClN4O3S2. The number of amidine groups is 1. The Labute approximate surface area is 229 Å². The van der Waals surface area contributed by atoms with Gasteiger partial charge in [0.15, 0.2) is 10.8 Å². The number of hydrogen-bond donors (Lipinski definition) is 0. The van der Waals surface area contributed by atoms with Crippen molar-refractivity contribution in [1.29, 1.82) is 0 Å².